The fourth-order valence-corrected chi connectivity index (χ4v) is 3.00. The Balaban J connectivity index is 2.83. The lowest BCUT2D eigenvalue weighted by Gasteiger charge is -2.22. The molecule has 0 aliphatic rings. The quantitative estimate of drug-likeness (QED) is 0.843. The highest BCUT2D eigenvalue weighted by molar-refractivity contribution is 7.87. The molecule has 19 heavy (non-hydrogen) atoms. The Bertz CT molecular complexity index is 512. The number of carbonyl (C=O) groups is 1. The smallest absolute Gasteiger partial charge is 0.239 e. The minimum atomic E-state index is -1.28. The summed E-state index contributed by atoms with van der Waals surface area (Å²) in [5, 5.41) is 2.56. The van der Waals surface area contributed by atoms with Crippen molar-refractivity contribution in [1.29, 1.82) is 0 Å². The first-order chi connectivity index (χ1) is 8.62. The Morgan fingerprint density at radius 3 is 2.47 bits per heavy atom. The van der Waals surface area contributed by atoms with Crippen LogP contribution in [0, 0.1) is 0 Å². The van der Waals surface area contributed by atoms with Gasteiger partial charge in [-0.2, -0.15) is 0 Å². The predicted octanol–water partition coefficient (Wildman–Crippen LogP) is 2.80. The van der Waals surface area contributed by atoms with Crippen molar-refractivity contribution in [3.63, 3.8) is 0 Å². The molecule has 2 unspecified atom stereocenters. The number of carbonyl (C=O) groups excluding carboxylic acids is 1. The number of nitrogens with one attached hydrogen (secondary N) is 1. The van der Waals surface area contributed by atoms with Crippen LogP contribution in [0.15, 0.2) is 18.2 Å². The Morgan fingerprint density at radius 1 is 1.42 bits per heavy atom. The molecule has 4 nitrogen and oxygen atoms in total. The van der Waals surface area contributed by atoms with Crippen LogP contribution in [-0.2, 0) is 15.6 Å². The van der Waals surface area contributed by atoms with E-state index in [4.69, 9.17) is 17.3 Å². The second-order valence-electron chi connectivity index (χ2n) is 5.27. The molecule has 0 aliphatic heterocycles. The number of amides is 1. The molecule has 1 amide bonds. The summed E-state index contributed by atoms with van der Waals surface area (Å²) >= 11 is 5.78. The second kappa shape index (κ2) is 5.92. The number of nitrogen functional groups attached to an aromatic ring is 1. The fraction of sp³-hybridized carbons (Fsp3) is 0.462. The zero-order valence-corrected chi connectivity index (χ0v) is 13.1. The average Bonchev–Trinajstić information content (AvgIpc) is 2.29. The minimum absolute atomic E-state index is 0.317. The highest BCUT2D eigenvalue weighted by atomic mass is 35.5. The van der Waals surface area contributed by atoms with E-state index < -0.39 is 20.8 Å². The van der Waals surface area contributed by atoms with Crippen molar-refractivity contribution >= 4 is 39.7 Å². The molecular formula is C13H19ClN2O2S. The van der Waals surface area contributed by atoms with Crippen LogP contribution in [0.1, 0.15) is 27.7 Å². The van der Waals surface area contributed by atoms with Gasteiger partial charge >= 0.3 is 0 Å². The third kappa shape index (κ3) is 4.21. The maximum Gasteiger partial charge on any atom is 0.239 e. The number of anilines is 2. The summed E-state index contributed by atoms with van der Waals surface area (Å²) in [6, 6.07) is 4.82. The first-order valence-corrected chi connectivity index (χ1v) is 7.48. The lowest BCUT2D eigenvalue weighted by Crippen LogP contribution is -2.37. The summed E-state index contributed by atoms with van der Waals surface area (Å²) in [5.74, 6) is -0.317. The van der Waals surface area contributed by atoms with Crippen molar-refractivity contribution in [3.8, 4) is 0 Å². The molecule has 0 bridgehead atoms. The number of nitrogens with two attached hydrogens (primary N) is 1. The monoisotopic (exact) mass is 302 g/mol. The van der Waals surface area contributed by atoms with Gasteiger partial charge in [0, 0.05) is 20.6 Å². The van der Waals surface area contributed by atoms with E-state index in [0.29, 0.717) is 16.4 Å². The fourth-order valence-electron chi connectivity index (χ4n) is 1.51. The highest BCUT2D eigenvalue weighted by Gasteiger charge is 2.29. The zero-order chi connectivity index (χ0) is 14.8. The molecule has 0 spiro atoms. The normalized spacial score (nSPS) is 14.8. The van der Waals surface area contributed by atoms with Crippen LogP contribution >= 0.6 is 11.6 Å². The van der Waals surface area contributed by atoms with Gasteiger partial charge in [-0.15, -0.1) is 0 Å². The van der Waals surface area contributed by atoms with Gasteiger partial charge in [-0.1, -0.05) is 11.6 Å². The molecule has 3 N–H and O–H groups in total. The van der Waals surface area contributed by atoms with Crippen LogP contribution in [-0.4, -0.2) is 20.1 Å². The van der Waals surface area contributed by atoms with E-state index in [2.05, 4.69) is 5.32 Å². The third-order valence-corrected chi connectivity index (χ3v) is 4.86. The van der Waals surface area contributed by atoms with Crippen LogP contribution < -0.4 is 11.1 Å². The Kier molecular flexibility index (Phi) is 4.98. The summed E-state index contributed by atoms with van der Waals surface area (Å²) in [5.41, 5.74) is 6.62. The van der Waals surface area contributed by atoms with E-state index in [1.165, 1.54) is 0 Å². The van der Waals surface area contributed by atoms with E-state index in [9.17, 15) is 9.00 Å². The maximum atomic E-state index is 12.1. The molecule has 0 saturated heterocycles. The maximum absolute atomic E-state index is 12.1. The van der Waals surface area contributed by atoms with E-state index in [1.54, 1.807) is 25.1 Å². The standard InChI is InChI=1S/C13H19ClN2O2S/c1-8(19(18)13(2,3)4)12(17)16-11-6-5-9(14)7-10(11)15/h5-8H,15H2,1-4H3,(H,16,17). The molecule has 1 rings (SSSR count). The van der Waals surface area contributed by atoms with Crippen LogP contribution in [0.3, 0.4) is 0 Å². The van der Waals surface area contributed by atoms with Crippen molar-refractivity contribution in [2.75, 3.05) is 11.1 Å². The van der Waals surface area contributed by atoms with Crippen molar-refractivity contribution in [3.05, 3.63) is 23.2 Å². The minimum Gasteiger partial charge on any atom is -0.397 e. The molecule has 0 heterocycles. The molecule has 0 saturated carbocycles. The summed E-state index contributed by atoms with van der Waals surface area (Å²) < 4.78 is 11.7. The number of benzene rings is 1. The molecule has 106 valence electrons. The topological polar surface area (TPSA) is 72.2 Å². The molecule has 2 atom stereocenters. The predicted molar refractivity (Wildman–Crippen MR) is 81.9 cm³/mol. The molecule has 1 aromatic carbocycles. The first-order valence-electron chi connectivity index (χ1n) is 5.89. The van der Waals surface area contributed by atoms with Crippen molar-refractivity contribution in [2.45, 2.75) is 37.7 Å². The highest BCUT2D eigenvalue weighted by Crippen LogP contribution is 2.24. The summed E-state index contributed by atoms with van der Waals surface area (Å²) in [6.45, 7) is 7.15. The summed E-state index contributed by atoms with van der Waals surface area (Å²) in [4.78, 5) is 12.0. The van der Waals surface area contributed by atoms with Crippen molar-refractivity contribution in [1.82, 2.24) is 0 Å². The largest absolute Gasteiger partial charge is 0.397 e. The Morgan fingerprint density at radius 2 is 2.00 bits per heavy atom. The van der Waals surface area contributed by atoms with Gasteiger partial charge in [0.1, 0.15) is 5.25 Å². The first kappa shape index (κ1) is 16.0. The van der Waals surface area contributed by atoms with Crippen LogP contribution in [0.4, 0.5) is 11.4 Å². The molecule has 6 heteroatoms. The summed E-state index contributed by atoms with van der Waals surface area (Å²) in [6.07, 6.45) is 0. The number of hydrogen-bond donors (Lipinski definition) is 2. The lowest BCUT2D eigenvalue weighted by molar-refractivity contribution is -0.115. The molecule has 1 aromatic rings. The molecule has 0 aromatic heterocycles. The van der Waals surface area contributed by atoms with E-state index in [0.717, 1.165) is 0 Å². The van der Waals surface area contributed by atoms with E-state index in [1.807, 2.05) is 20.8 Å². The van der Waals surface area contributed by atoms with Gasteiger partial charge in [0.25, 0.3) is 0 Å². The third-order valence-electron chi connectivity index (χ3n) is 2.57. The number of rotatable bonds is 3. The Hall–Kier alpha value is -1.07. The SMILES string of the molecule is CC(C(=O)Nc1ccc(Cl)cc1N)S(=O)C(C)(C)C. The van der Waals surface area contributed by atoms with E-state index >= 15 is 0 Å². The molecule has 0 fully saturated rings. The van der Waals surface area contributed by atoms with Gasteiger partial charge in [0.15, 0.2) is 0 Å². The van der Waals surface area contributed by atoms with Gasteiger partial charge in [0.2, 0.25) is 5.91 Å². The lowest BCUT2D eigenvalue weighted by atomic mass is 10.2. The van der Waals surface area contributed by atoms with Gasteiger partial charge < -0.3 is 11.1 Å². The van der Waals surface area contributed by atoms with Crippen molar-refractivity contribution < 1.29 is 9.00 Å². The molecule has 0 radical (unpaired) electrons. The van der Waals surface area contributed by atoms with Gasteiger partial charge in [-0.05, 0) is 45.9 Å². The van der Waals surface area contributed by atoms with Crippen molar-refractivity contribution in [2.24, 2.45) is 0 Å². The van der Waals surface area contributed by atoms with Gasteiger partial charge in [-0.3, -0.25) is 9.00 Å². The van der Waals surface area contributed by atoms with Crippen LogP contribution in [0.25, 0.3) is 0 Å². The van der Waals surface area contributed by atoms with E-state index in [-0.39, 0.29) is 5.91 Å². The van der Waals surface area contributed by atoms with Crippen LogP contribution in [0.5, 0.6) is 0 Å². The average molecular weight is 303 g/mol. The molecular weight excluding hydrogens is 284 g/mol. The van der Waals surface area contributed by atoms with Crippen LogP contribution in [0.2, 0.25) is 5.02 Å². The zero-order valence-electron chi connectivity index (χ0n) is 11.5. The molecule has 0 aliphatic carbocycles. The Labute approximate surface area is 121 Å². The van der Waals surface area contributed by atoms with Gasteiger partial charge in [-0.25, -0.2) is 0 Å². The number of halogens is 1. The van der Waals surface area contributed by atoms with Gasteiger partial charge in [0.05, 0.1) is 11.4 Å². The second-order valence-corrected chi connectivity index (χ2v) is 8.24. The summed E-state index contributed by atoms with van der Waals surface area (Å²) in [7, 11) is -1.28. The number of hydrogen-bond acceptors (Lipinski definition) is 3.